The van der Waals surface area contributed by atoms with Crippen LogP contribution in [0.1, 0.15) is 11.1 Å². The number of alkyl halides is 4. The SMILES string of the molecule is COC(=O)Cc1c(CCl)cnc(OC)c1OC(F)(F)F. The Kier molecular flexibility index (Phi) is 5.43. The number of methoxy groups -OCH3 is 2. The molecule has 0 fully saturated rings. The Bertz CT molecular complexity index is 493. The van der Waals surface area contributed by atoms with E-state index in [1.807, 2.05) is 0 Å². The third-order valence-corrected chi connectivity index (χ3v) is 2.59. The van der Waals surface area contributed by atoms with Crippen molar-refractivity contribution in [2.24, 2.45) is 0 Å². The third kappa shape index (κ3) is 4.16. The summed E-state index contributed by atoms with van der Waals surface area (Å²) in [6, 6.07) is 0. The zero-order chi connectivity index (χ0) is 15.3. The number of carbonyl (C=O) groups is 1. The summed E-state index contributed by atoms with van der Waals surface area (Å²) in [6.45, 7) is 0. The number of halogens is 4. The second kappa shape index (κ2) is 6.65. The van der Waals surface area contributed by atoms with Crippen molar-refractivity contribution in [3.05, 3.63) is 17.3 Å². The van der Waals surface area contributed by atoms with Gasteiger partial charge in [0.2, 0.25) is 0 Å². The molecule has 0 saturated heterocycles. The van der Waals surface area contributed by atoms with Gasteiger partial charge in [-0.25, -0.2) is 4.98 Å². The number of hydrogen-bond donors (Lipinski definition) is 0. The van der Waals surface area contributed by atoms with Crippen LogP contribution in [0.25, 0.3) is 0 Å². The Balaban J connectivity index is 3.35. The zero-order valence-corrected chi connectivity index (χ0v) is 11.3. The molecule has 1 heterocycles. The van der Waals surface area contributed by atoms with Crippen molar-refractivity contribution in [3.8, 4) is 11.6 Å². The monoisotopic (exact) mass is 313 g/mol. The number of aromatic nitrogens is 1. The number of hydrogen-bond acceptors (Lipinski definition) is 5. The van der Waals surface area contributed by atoms with Gasteiger partial charge in [0, 0.05) is 17.6 Å². The van der Waals surface area contributed by atoms with Gasteiger partial charge in [-0.1, -0.05) is 0 Å². The van der Waals surface area contributed by atoms with Crippen LogP contribution in [0.4, 0.5) is 13.2 Å². The molecule has 0 aliphatic heterocycles. The molecule has 0 saturated carbocycles. The number of esters is 1. The molecule has 112 valence electrons. The molecular formula is C11H11ClF3NO4. The first kappa shape index (κ1) is 16.4. The average Bonchev–Trinajstić information content (AvgIpc) is 2.38. The molecule has 0 N–H and O–H groups in total. The Morgan fingerprint density at radius 2 is 2.05 bits per heavy atom. The maximum Gasteiger partial charge on any atom is 0.573 e. The molecule has 0 aromatic carbocycles. The fourth-order valence-corrected chi connectivity index (χ4v) is 1.67. The normalized spacial score (nSPS) is 11.1. The van der Waals surface area contributed by atoms with E-state index in [4.69, 9.17) is 16.3 Å². The van der Waals surface area contributed by atoms with Crippen LogP contribution in [-0.2, 0) is 21.8 Å². The van der Waals surface area contributed by atoms with Crippen molar-refractivity contribution in [2.45, 2.75) is 18.7 Å². The van der Waals surface area contributed by atoms with Crippen LogP contribution in [-0.4, -0.2) is 31.5 Å². The lowest BCUT2D eigenvalue weighted by atomic mass is 10.1. The summed E-state index contributed by atoms with van der Waals surface area (Å²) in [6.07, 6.45) is -4.18. The van der Waals surface area contributed by atoms with Gasteiger partial charge in [-0.05, 0) is 5.56 Å². The number of ether oxygens (including phenoxy) is 3. The molecule has 5 nitrogen and oxygen atoms in total. The Labute approximate surface area is 117 Å². The molecule has 0 radical (unpaired) electrons. The van der Waals surface area contributed by atoms with Gasteiger partial charge < -0.3 is 14.2 Å². The second-order valence-corrected chi connectivity index (χ2v) is 3.80. The summed E-state index contributed by atoms with van der Waals surface area (Å²) in [5, 5.41) is 0. The first-order valence-electron chi connectivity index (χ1n) is 5.25. The molecule has 1 rings (SSSR count). The van der Waals surface area contributed by atoms with Gasteiger partial charge in [0.05, 0.1) is 20.6 Å². The van der Waals surface area contributed by atoms with E-state index >= 15 is 0 Å². The van der Waals surface area contributed by atoms with E-state index in [9.17, 15) is 18.0 Å². The lowest BCUT2D eigenvalue weighted by Gasteiger charge is -2.17. The van der Waals surface area contributed by atoms with Gasteiger partial charge >= 0.3 is 12.3 Å². The molecule has 0 atom stereocenters. The van der Waals surface area contributed by atoms with Crippen LogP contribution in [0.3, 0.4) is 0 Å². The van der Waals surface area contributed by atoms with Gasteiger partial charge in [-0.3, -0.25) is 4.79 Å². The number of nitrogens with zero attached hydrogens (tertiary/aromatic N) is 1. The van der Waals surface area contributed by atoms with E-state index in [1.165, 1.54) is 6.20 Å². The lowest BCUT2D eigenvalue weighted by Crippen LogP contribution is -2.20. The van der Waals surface area contributed by atoms with E-state index in [0.717, 1.165) is 14.2 Å². The maximum absolute atomic E-state index is 12.4. The molecule has 0 spiro atoms. The first-order valence-corrected chi connectivity index (χ1v) is 5.79. The molecule has 0 bridgehead atoms. The van der Waals surface area contributed by atoms with Crippen LogP contribution in [0.2, 0.25) is 0 Å². The van der Waals surface area contributed by atoms with Crippen molar-refractivity contribution < 1.29 is 32.2 Å². The number of rotatable bonds is 5. The Morgan fingerprint density at radius 3 is 2.50 bits per heavy atom. The largest absolute Gasteiger partial charge is 0.573 e. The van der Waals surface area contributed by atoms with Crippen molar-refractivity contribution in [1.29, 1.82) is 0 Å². The van der Waals surface area contributed by atoms with Crippen LogP contribution in [0, 0.1) is 0 Å². The van der Waals surface area contributed by atoms with Crippen molar-refractivity contribution in [1.82, 2.24) is 4.98 Å². The minimum absolute atomic E-state index is 0.0731. The molecule has 0 amide bonds. The number of pyridine rings is 1. The maximum atomic E-state index is 12.4. The van der Waals surface area contributed by atoms with Crippen LogP contribution < -0.4 is 9.47 Å². The molecule has 1 aromatic rings. The predicted molar refractivity (Wildman–Crippen MR) is 62.7 cm³/mol. The minimum Gasteiger partial charge on any atom is -0.478 e. The highest BCUT2D eigenvalue weighted by Gasteiger charge is 2.35. The van der Waals surface area contributed by atoms with Gasteiger partial charge in [0.1, 0.15) is 0 Å². The van der Waals surface area contributed by atoms with Crippen molar-refractivity contribution >= 4 is 17.6 Å². The zero-order valence-electron chi connectivity index (χ0n) is 10.6. The Morgan fingerprint density at radius 1 is 1.40 bits per heavy atom. The summed E-state index contributed by atoms with van der Waals surface area (Å²) in [5.74, 6) is -1.97. The molecule has 20 heavy (non-hydrogen) atoms. The van der Waals surface area contributed by atoms with E-state index < -0.39 is 30.4 Å². The summed E-state index contributed by atoms with van der Waals surface area (Å²) in [4.78, 5) is 15.0. The minimum atomic E-state index is -4.95. The average molecular weight is 314 g/mol. The number of carbonyl (C=O) groups excluding carboxylic acids is 1. The predicted octanol–water partition coefficient (Wildman–Crippen LogP) is 2.44. The molecular weight excluding hydrogens is 303 g/mol. The standard InChI is InChI=1S/C11H11ClF3NO4/c1-18-8(17)3-7-6(4-12)5-16-10(19-2)9(7)20-11(13,14)15/h5H,3-4H2,1-2H3. The van der Waals surface area contributed by atoms with Crippen molar-refractivity contribution in [2.75, 3.05) is 14.2 Å². The lowest BCUT2D eigenvalue weighted by molar-refractivity contribution is -0.275. The van der Waals surface area contributed by atoms with Gasteiger partial charge in [0.25, 0.3) is 5.88 Å². The molecule has 1 aromatic heterocycles. The van der Waals surface area contributed by atoms with Crippen LogP contribution in [0.15, 0.2) is 6.20 Å². The third-order valence-electron chi connectivity index (χ3n) is 2.30. The smallest absolute Gasteiger partial charge is 0.478 e. The Hall–Kier alpha value is -1.70. The molecule has 0 aliphatic rings. The fraction of sp³-hybridized carbons (Fsp3) is 0.455. The van der Waals surface area contributed by atoms with Crippen LogP contribution in [0.5, 0.6) is 11.6 Å². The van der Waals surface area contributed by atoms with E-state index in [-0.39, 0.29) is 17.0 Å². The van der Waals surface area contributed by atoms with Crippen LogP contribution >= 0.6 is 11.6 Å². The van der Waals surface area contributed by atoms with Gasteiger partial charge in [-0.15, -0.1) is 24.8 Å². The molecule has 0 aliphatic carbocycles. The summed E-state index contributed by atoms with van der Waals surface area (Å²) in [7, 11) is 2.25. The highest BCUT2D eigenvalue weighted by Crippen LogP contribution is 2.36. The van der Waals surface area contributed by atoms with E-state index in [2.05, 4.69) is 14.5 Å². The fourth-order valence-electron chi connectivity index (χ4n) is 1.44. The molecule has 0 unspecified atom stereocenters. The van der Waals surface area contributed by atoms with Gasteiger partial charge in [-0.2, -0.15) is 0 Å². The van der Waals surface area contributed by atoms with E-state index in [0.29, 0.717) is 0 Å². The molecule has 9 heteroatoms. The van der Waals surface area contributed by atoms with E-state index in [1.54, 1.807) is 0 Å². The van der Waals surface area contributed by atoms with Crippen molar-refractivity contribution in [3.63, 3.8) is 0 Å². The van der Waals surface area contributed by atoms with Gasteiger partial charge in [0.15, 0.2) is 5.75 Å². The first-order chi connectivity index (χ1) is 9.32. The highest BCUT2D eigenvalue weighted by molar-refractivity contribution is 6.17. The summed E-state index contributed by atoms with van der Waals surface area (Å²) >= 11 is 5.63. The quantitative estimate of drug-likeness (QED) is 0.617. The topological polar surface area (TPSA) is 57.7 Å². The summed E-state index contributed by atoms with van der Waals surface area (Å²) in [5.41, 5.74) is 0.146. The highest BCUT2D eigenvalue weighted by atomic mass is 35.5. The second-order valence-electron chi connectivity index (χ2n) is 3.53. The summed E-state index contributed by atoms with van der Waals surface area (Å²) < 4.78 is 50.4.